The Kier molecular flexibility index (Phi) is 12.8. The molecular weight excluding hydrogens is 448 g/mol. The number of ether oxygens (including phenoxy) is 6. The second-order valence-electron chi connectivity index (χ2n) is 7.63. The Bertz CT molecular complexity index is 923. The van der Waals surface area contributed by atoms with Crippen LogP contribution < -0.4 is 0 Å². The second-order valence-corrected chi connectivity index (χ2v) is 7.63. The normalized spacial score (nSPS) is 15.6. The summed E-state index contributed by atoms with van der Waals surface area (Å²) in [5.74, 6) is 2.15. The third kappa shape index (κ3) is 8.95. The van der Waals surface area contributed by atoms with Gasteiger partial charge in [0.1, 0.15) is 30.5 Å². The van der Waals surface area contributed by atoms with E-state index >= 15 is 0 Å². The van der Waals surface area contributed by atoms with Gasteiger partial charge in [-0.25, -0.2) is 4.79 Å². The van der Waals surface area contributed by atoms with Crippen LogP contribution >= 0.6 is 0 Å². The van der Waals surface area contributed by atoms with Gasteiger partial charge in [-0.05, 0) is 17.2 Å². The molecular formula is C28H34O7. The van der Waals surface area contributed by atoms with Crippen molar-refractivity contribution < 1.29 is 33.2 Å². The van der Waals surface area contributed by atoms with Crippen molar-refractivity contribution in [3.8, 4) is 12.3 Å². The van der Waals surface area contributed by atoms with Crippen LogP contribution in [0.3, 0.4) is 0 Å². The number of carbonyl (C=O) groups excluding carboxylic acids is 1. The van der Waals surface area contributed by atoms with Crippen LogP contribution in [0.5, 0.6) is 0 Å². The van der Waals surface area contributed by atoms with Crippen LogP contribution in [0.15, 0.2) is 72.8 Å². The maximum Gasteiger partial charge on any atom is 0.330 e. The summed E-state index contributed by atoms with van der Waals surface area (Å²) in [6.07, 6.45) is 5.18. The number of benzene rings is 2. The molecule has 35 heavy (non-hydrogen) atoms. The molecule has 2 aromatic carbocycles. The molecule has 0 unspecified atom stereocenters. The first-order chi connectivity index (χ1) is 17.1. The first-order valence-electron chi connectivity index (χ1n) is 11.2. The number of esters is 1. The Morgan fingerprint density at radius 2 is 1.34 bits per heavy atom. The molecule has 0 fully saturated rings. The molecule has 5 atom stereocenters. The SMILES string of the molecule is C#C[C@@H](OCc1ccccc1)[C@@H](OC)[C@@H](OC)[C@H](OCc1ccccc1)[C@@H](/C=C/C(=O)OC)OC. The summed E-state index contributed by atoms with van der Waals surface area (Å²) in [4.78, 5) is 11.7. The van der Waals surface area contributed by atoms with Gasteiger partial charge in [-0.15, -0.1) is 6.42 Å². The summed E-state index contributed by atoms with van der Waals surface area (Å²) in [6, 6.07) is 19.4. The largest absolute Gasteiger partial charge is 0.466 e. The van der Waals surface area contributed by atoms with Crippen molar-refractivity contribution in [1.82, 2.24) is 0 Å². The molecule has 2 rings (SSSR count). The smallest absolute Gasteiger partial charge is 0.330 e. The van der Waals surface area contributed by atoms with Gasteiger partial charge in [-0.2, -0.15) is 0 Å². The quantitative estimate of drug-likeness (QED) is 0.218. The fraction of sp³-hybridized carbons (Fsp3) is 0.393. The highest BCUT2D eigenvalue weighted by Crippen LogP contribution is 2.23. The number of terminal acetylenes is 1. The molecule has 0 aromatic heterocycles. The van der Waals surface area contributed by atoms with Gasteiger partial charge in [0.25, 0.3) is 0 Å². The average molecular weight is 483 g/mol. The molecule has 2 aromatic rings. The van der Waals surface area contributed by atoms with Gasteiger partial charge in [-0.3, -0.25) is 0 Å². The predicted octanol–water partition coefficient (Wildman–Crippen LogP) is 3.56. The lowest BCUT2D eigenvalue weighted by Crippen LogP contribution is -2.52. The van der Waals surface area contributed by atoms with Gasteiger partial charge in [-0.1, -0.05) is 66.6 Å². The van der Waals surface area contributed by atoms with Crippen molar-refractivity contribution in [3.05, 3.63) is 83.9 Å². The molecule has 0 aliphatic heterocycles. The van der Waals surface area contributed by atoms with Crippen molar-refractivity contribution in [2.24, 2.45) is 0 Å². The van der Waals surface area contributed by atoms with Crippen molar-refractivity contribution in [2.75, 3.05) is 28.4 Å². The number of hydrogen-bond donors (Lipinski definition) is 0. The number of methoxy groups -OCH3 is 4. The van der Waals surface area contributed by atoms with Gasteiger partial charge in [0.2, 0.25) is 0 Å². The third-order valence-electron chi connectivity index (χ3n) is 5.43. The Hall–Kier alpha value is -2.99. The van der Waals surface area contributed by atoms with E-state index in [-0.39, 0.29) is 6.61 Å². The Labute approximate surface area is 207 Å². The van der Waals surface area contributed by atoms with E-state index in [0.717, 1.165) is 11.1 Å². The summed E-state index contributed by atoms with van der Waals surface area (Å²) in [5, 5.41) is 0. The molecule has 0 aliphatic rings. The maximum absolute atomic E-state index is 11.7. The highest BCUT2D eigenvalue weighted by atomic mass is 16.6. The highest BCUT2D eigenvalue weighted by Gasteiger charge is 2.40. The van der Waals surface area contributed by atoms with Crippen molar-refractivity contribution in [3.63, 3.8) is 0 Å². The third-order valence-corrected chi connectivity index (χ3v) is 5.43. The van der Waals surface area contributed by atoms with Crippen molar-refractivity contribution >= 4 is 5.97 Å². The zero-order valence-corrected chi connectivity index (χ0v) is 20.7. The van der Waals surface area contributed by atoms with Crippen LogP contribution in [0.2, 0.25) is 0 Å². The van der Waals surface area contributed by atoms with Crippen molar-refractivity contribution in [2.45, 2.75) is 43.7 Å². The number of hydrogen-bond acceptors (Lipinski definition) is 7. The van der Waals surface area contributed by atoms with E-state index in [1.165, 1.54) is 34.5 Å². The van der Waals surface area contributed by atoms with Crippen LogP contribution in [0, 0.1) is 12.3 Å². The van der Waals surface area contributed by atoms with Gasteiger partial charge in [0, 0.05) is 27.4 Å². The van der Waals surface area contributed by atoms with E-state index in [1.807, 2.05) is 60.7 Å². The summed E-state index contributed by atoms with van der Waals surface area (Å²) >= 11 is 0. The minimum atomic E-state index is -0.741. The van der Waals surface area contributed by atoms with Gasteiger partial charge >= 0.3 is 5.97 Å². The lowest BCUT2D eigenvalue weighted by molar-refractivity contribution is -0.175. The van der Waals surface area contributed by atoms with Crippen LogP contribution in [0.1, 0.15) is 11.1 Å². The average Bonchev–Trinajstić information content (AvgIpc) is 2.91. The van der Waals surface area contributed by atoms with E-state index in [2.05, 4.69) is 5.92 Å². The first-order valence-corrected chi connectivity index (χ1v) is 11.2. The Morgan fingerprint density at radius 1 is 0.800 bits per heavy atom. The van der Waals surface area contributed by atoms with E-state index in [0.29, 0.717) is 6.61 Å². The number of rotatable bonds is 15. The zero-order chi connectivity index (χ0) is 25.5. The molecule has 0 aliphatic carbocycles. The lowest BCUT2D eigenvalue weighted by Gasteiger charge is -2.36. The van der Waals surface area contributed by atoms with Gasteiger partial charge in [0.15, 0.2) is 0 Å². The van der Waals surface area contributed by atoms with Crippen molar-refractivity contribution in [1.29, 1.82) is 0 Å². The first kappa shape index (κ1) is 28.2. The molecule has 0 N–H and O–H groups in total. The van der Waals surface area contributed by atoms with Gasteiger partial charge < -0.3 is 28.4 Å². The minimum Gasteiger partial charge on any atom is -0.466 e. The summed E-state index contributed by atoms with van der Waals surface area (Å²) in [6.45, 7) is 0.580. The highest BCUT2D eigenvalue weighted by molar-refractivity contribution is 5.81. The Balaban J connectivity index is 2.30. The molecule has 0 saturated heterocycles. The maximum atomic E-state index is 11.7. The van der Waals surface area contributed by atoms with E-state index < -0.39 is 36.5 Å². The van der Waals surface area contributed by atoms with E-state index in [9.17, 15) is 4.79 Å². The fourth-order valence-electron chi connectivity index (χ4n) is 3.59. The second kappa shape index (κ2) is 15.8. The predicted molar refractivity (Wildman–Crippen MR) is 132 cm³/mol. The zero-order valence-electron chi connectivity index (χ0n) is 20.7. The summed E-state index contributed by atoms with van der Waals surface area (Å²) in [5.41, 5.74) is 1.94. The molecule has 188 valence electrons. The van der Waals surface area contributed by atoms with Gasteiger partial charge in [0.05, 0.1) is 20.3 Å². The standard InChI is InChI=1S/C28H34O7/c1-6-23(34-19-21-13-9-7-10-14-21)26(32-4)28(33-5)27(24(30-2)17-18-25(29)31-3)35-20-22-15-11-8-12-16-22/h1,7-18,23-24,26-28H,19-20H2,2-5H3/b18-17+/t23-,24-,26-,27-,28-/m1/s1. The molecule has 7 heteroatoms. The van der Waals surface area contributed by atoms with E-state index in [1.54, 1.807) is 6.08 Å². The van der Waals surface area contributed by atoms with Crippen LogP contribution in [0.25, 0.3) is 0 Å². The molecule has 0 radical (unpaired) electrons. The molecule has 0 heterocycles. The molecule has 0 spiro atoms. The monoisotopic (exact) mass is 482 g/mol. The minimum absolute atomic E-state index is 0.277. The topological polar surface area (TPSA) is 72.5 Å². The van der Waals surface area contributed by atoms with Crippen LogP contribution in [-0.2, 0) is 46.4 Å². The molecule has 0 amide bonds. The summed E-state index contributed by atoms with van der Waals surface area (Å²) in [7, 11) is 5.90. The lowest BCUT2D eigenvalue weighted by atomic mass is 9.97. The molecule has 0 bridgehead atoms. The number of carbonyl (C=O) groups is 1. The van der Waals surface area contributed by atoms with E-state index in [4.69, 9.17) is 34.8 Å². The van der Waals surface area contributed by atoms with Crippen LogP contribution in [-0.4, -0.2) is 64.9 Å². The summed E-state index contributed by atoms with van der Waals surface area (Å²) < 4.78 is 34.3. The van der Waals surface area contributed by atoms with Crippen LogP contribution in [0.4, 0.5) is 0 Å². The Morgan fingerprint density at radius 3 is 1.80 bits per heavy atom. The molecule has 7 nitrogen and oxygen atoms in total. The molecule has 0 saturated carbocycles. The fourth-order valence-corrected chi connectivity index (χ4v) is 3.59.